The molecule has 3 atom stereocenters. The van der Waals surface area contributed by atoms with Crippen LogP contribution in [0.5, 0.6) is 0 Å². The molecule has 1 heterocycles. The van der Waals surface area contributed by atoms with Gasteiger partial charge in [0, 0.05) is 31.2 Å². The van der Waals surface area contributed by atoms with E-state index in [9.17, 15) is 0 Å². The molecule has 0 aromatic carbocycles. The van der Waals surface area contributed by atoms with Gasteiger partial charge in [0.25, 0.3) is 0 Å². The van der Waals surface area contributed by atoms with Gasteiger partial charge in [0.2, 0.25) is 0 Å². The van der Waals surface area contributed by atoms with Gasteiger partial charge in [0.1, 0.15) is 0 Å². The molecule has 1 aliphatic heterocycles. The Kier molecular flexibility index (Phi) is 5.34. The van der Waals surface area contributed by atoms with E-state index in [0.29, 0.717) is 18.1 Å². The second-order valence-electron chi connectivity index (χ2n) is 4.65. The molecule has 1 N–H and O–H groups in total. The fourth-order valence-corrected chi connectivity index (χ4v) is 2.46. The Hall–Kier alpha value is -0.340. The molecule has 0 aliphatic carbocycles. The van der Waals surface area contributed by atoms with Crippen LogP contribution in [-0.4, -0.2) is 36.1 Å². The molecule has 88 valence electrons. The van der Waals surface area contributed by atoms with E-state index < -0.39 is 0 Å². The zero-order valence-electron chi connectivity index (χ0n) is 10.5. The summed E-state index contributed by atoms with van der Waals surface area (Å²) in [5.74, 6) is 0. The van der Waals surface area contributed by atoms with Gasteiger partial charge in [-0.25, -0.2) is 0 Å². The molecule has 0 spiro atoms. The predicted octanol–water partition coefficient (Wildman–Crippen LogP) is 2.41. The van der Waals surface area contributed by atoms with E-state index in [2.05, 4.69) is 37.6 Å². The molecule has 0 radical (unpaired) electrons. The summed E-state index contributed by atoms with van der Waals surface area (Å²) in [6, 6.07) is 2.03. The Morgan fingerprint density at radius 3 is 2.73 bits per heavy atom. The van der Waals surface area contributed by atoms with Gasteiger partial charge in [0.05, 0.1) is 0 Å². The largest absolute Gasteiger partial charge is 0.311 e. The minimum Gasteiger partial charge on any atom is -0.311 e. The Morgan fingerprint density at radius 2 is 2.20 bits per heavy atom. The van der Waals surface area contributed by atoms with Crippen molar-refractivity contribution >= 4 is 0 Å². The van der Waals surface area contributed by atoms with E-state index in [1.54, 1.807) is 0 Å². The smallest absolute Gasteiger partial charge is 0.0221 e. The van der Waals surface area contributed by atoms with E-state index >= 15 is 0 Å². The lowest BCUT2D eigenvalue weighted by atomic mass is 10.0. The van der Waals surface area contributed by atoms with Gasteiger partial charge in [-0.3, -0.25) is 4.90 Å². The molecule has 2 heteroatoms. The molecule has 1 aliphatic rings. The maximum atomic E-state index is 3.84. The van der Waals surface area contributed by atoms with Crippen molar-refractivity contribution < 1.29 is 0 Å². The summed E-state index contributed by atoms with van der Waals surface area (Å²) in [7, 11) is 0. The van der Waals surface area contributed by atoms with Crippen LogP contribution in [0, 0.1) is 0 Å². The molecular weight excluding hydrogens is 184 g/mol. The van der Waals surface area contributed by atoms with Crippen molar-refractivity contribution in [2.75, 3.05) is 13.1 Å². The summed E-state index contributed by atoms with van der Waals surface area (Å²) in [6.45, 7) is 13.1. The number of piperazine rings is 1. The van der Waals surface area contributed by atoms with E-state index in [0.717, 1.165) is 13.0 Å². The monoisotopic (exact) mass is 210 g/mol. The lowest BCUT2D eigenvalue weighted by molar-refractivity contribution is 0.0863. The molecule has 0 aromatic heterocycles. The van der Waals surface area contributed by atoms with Crippen LogP contribution in [0.4, 0.5) is 0 Å². The molecule has 15 heavy (non-hydrogen) atoms. The fourth-order valence-electron chi connectivity index (χ4n) is 2.46. The average Bonchev–Trinajstić information content (AvgIpc) is 2.28. The molecule has 0 amide bonds. The highest BCUT2D eigenvalue weighted by Crippen LogP contribution is 2.17. The van der Waals surface area contributed by atoms with Gasteiger partial charge in [-0.1, -0.05) is 19.9 Å². The number of hydrogen-bond acceptors (Lipinski definition) is 2. The highest BCUT2D eigenvalue weighted by Gasteiger charge is 2.28. The summed E-state index contributed by atoms with van der Waals surface area (Å²) in [4.78, 5) is 2.66. The highest BCUT2D eigenvalue weighted by molar-refractivity contribution is 4.89. The SMILES string of the molecule is C=CCC(C)N1CC(CC)NCC1CC. The molecule has 0 saturated carbocycles. The van der Waals surface area contributed by atoms with E-state index in [1.165, 1.54) is 19.4 Å². The number of nitrogens with one attached hydrogen (secondary N) is 1. The van der Waals surface area contributed by atoms with E-state index in [-0.39, 0.29) is 0 Å². The second kappa shape index (κ2) is 6.29. The number of nitrogens with zero attached hydrogens (tertiary/aromatic N) is 1. The lowest BCUT2D eigenvalue weighted by Crippen LogP contribution is -2.58. The summed E-state index contributed by atoms with van der Waals surface area (Å²) in [5, 5.41) is 3.63. The zero-order valence-corrected chi connectivity index (χ0v) is 10.5. The van der Waals surface area contributed by atoms with Crippen LogP contribution < -0.4 is 5.32 Å². The van der Waals surface area contributed by atoms with Crippen molar-refractivity contribution in [1.82, 2.24) is 10.2 Å². The van der Waals surface area contributed by atoms with Crippen LogP contribution in [0.1, 0.15) is 40.0 Å². The fraction of sp³-hybridized carbons (Fsp3) is 0.846. The Bertz CT molecular complexity index is 191. The van der Waals surface area contributed by atoms with Crippen LogP contribution in [-0.2, 0) is 0 Å². The number of rotatable bonds is 5. The first-order valence-electron chi connectivity index (χ1n) is 6.32. The van der Waals surface area contributed by atoms with Crippen molar-refractivity contribution in [3.8, 4) is 0 Å². The van der Waals surface area contributed by atoms with Crippen LogP contribution >= 0.6 is 0 Å². The summed E-state index contributed by atoms with van der Waals surface area (Å²) in [6.07, 6.45) is 5.62. The quantitative estimate of drug-likeness (QED) is 0.701. The van der Waals surface area contributed by atoms with Gasteiger partial charge < -0.3 is 5.32 Å². The lowest BCUT2D eigenvalue weighted by Gasteiger charge is -2.43. The highest BCUT2D eigenvalue weighted by atomic mass is 15.2. The average molecular weight is 210 g/mol. The maximum absolute atomic E-state index is 3.84. The van der Waals surface area contributed by atoms with Crippen LogP contribution in [0.25, 0.3) is 0 Å². The molecule has 0 aromatic rings. The standard InChI is InChI=1S/C13H26N2/c1-5-8-11(4)15-10-12(6-2)14-9-13(15)7-3/h5,11-14H,1,6-10H2,2-4H3. The predicted molar refractivity (Wildman–Crippen MR) is 67.1 cm³/mol. The normalized spacial score (nSPS) is 30.1. The molecule has 2 nitrogen and oxygen atoms in total. The minimum absolute atomic E-state index is 0.642. The first kappa shape index (κ1) is 12.7. The summed E-state index contributed by atoms with van der Waals surface area (Å²) in [5.41, 5.74) is 0. The van der Waals surface area contributed by atoms with Crippen molar-refractivity contribution in [2.24, 2.45) is 0 Å². The molecular formula is C13H26N2. The van der Waals surface area contributed by atoms with Gasteiger partial charge >= 0.3 is 0 Å². The third-order valence-corrected chi connectivity index (χ3v) is 3.58. The van der Waals surface area contributed by atoms with Gasteiger partial charge in [-0.2, -0.15) is 0 Å². The van der Waals surface area contributed by atoms with Crippen LogP contribution in [0.3, 0.4) is 0 Å². The van der Waals surface area contributed by atoms with E-state index in [4.69, 9.17) is 0 Å². The molecule has 0 bridgehead atoms. The number of hydrogen-bond donors (Lipinski definition) is 1. The zero-order chi connectivity index (χ0) is 11.3. The molecule has 1 saturated heterocycles. The van der Waals surface area contributed by atoms with Gasteiger partial charge in [-0.15, -0.1) is 6.58 Å². The summed E-state index contributed by atoms with van der Waals surface area (Å²) >= 11 is 0. The third kappa shape index (κ3) is 3.32. The first-order valence-corrected chi connectivity index (χ1v) is 6.32. The second-order valence-corrected chi connectivity index (χ2v) is 4.65. The van der Waals surface area contributed by atoms with Crippen LogP contribution in [0.15, 0.2) is 12.7 Å². The van der Waals surface area contributed by atoms with Crippen molar-refractivity contribution in [1.29, 1.82) is 0 Å². The summed E-state index contributed by atoms with van der Waals surface area (Å²) < 4.78 is 0. The third-order valence-electron chi connectivity index (χ3n) is 3.58. The van der Waals surface area contributed by atoms with Crippen molar-refractivity contribution in [2.45, 2.75) is 58.2 Å². The van der Waals surface area contributed by atoms with Crippen molar-refractivity contribution in [3.63, 3.8) is 0 Å². The molecule has 3 unspecified atom stereocenters. The minimum atomic E-state index is 0.642. The van der Waals surface area contributed by atoms with Crippen molar-refractivity contribution in [3.05, 3.63) is 12.7 Å². The molecule has 1 fully saturated rings. The molecule has 1 rings (SSSR count). The van der Waals surface area contributed by atoms with Gasteiger partial charge in [-0.05, 0) is 26.2 Å². The van der Waals surface area contributed by atoms with Gasteiger partial charge in [0.15, 0.2) is 0 Å². The topological polar surface area (TPSA) is 15.3 Å². The van der Waals surface area contributed by atoms with Crippen LogP contribution in [0.2, 0.25) is 0 Å². The first-order chi connectivity index (χ1) is 7.22. The Balaban J connectivity index is 2.57. The Morgan fingerprint density at radius 1 is 1.47 bits per heavy atom. The van der Waals surface area contributed by atoms with E-state index in [1.807, 2.05) is 6.08 Å². The Labute approximate surface area is 94.7 Å². The maximum Gasteiger partial charge on any atom is 0.0221 e.